The van der Waals surface area contributed by atoms with Crippen molar-refractivity contribution in [3.8, 4) is 0 Å². The van der Waals surface area contributed by atoms with Crippen molar-refractivity contribution in [1.82, 2.24) is 15.3 Å². The molecule has 1 aromatic carbocycles. The second-order valence-corrected chi connectivity index (χ2v) is 7.17. The van der Waals surface area contributed by atoms with Crippen LogP contribution in [0, 0.1) is 13.8 Å². The molecule has 0 saturated heterocycles. The largest absolute Gasteiger partial charge is 0.354 e. The van der Waals surface area contributed by atoms with Gasteiger partial charge in [0.1, 0.15) is 5.69 Å². The topological polar surface area (TPSA) is 66.9 Å². The lowest BCUT2D eigenvalue weighted by Gasteiger charge is -2.13. The predicted molar refractivity (Wildman–Crippen MR) is 109 cm³/mol. The van der Waals surface area contributed by atoms with Gasteiger partial charge in [-0.15, -0.1) is 0 Å². The minimum absolute atomic E-state index is 0.181. The van der Waals surface area contributed by atoms with Gasteiger partial charge in [0.25, 0.3) is 5.91 Å². The summed E-state index contributed by atoms with van der Waals surface area (Å²) in [5, 5.41) is 6.20. The van der Waals surface area contributed by atoms with Gasteiger partial charge < -0.3 is 10.6 Å². The first-order valence-corrected chi connectivity index (χ1v) is 9.71. The lowest BCUT2D eigenvalue weighted by atomic mass is 9.97. The Kier molecular flexibility index (Phi) is 6.58. The predicted octanol–water partition coefficient (Wildman–Crippen LogP) is 4.33. The van der Waals surface area contributed by atoms with E-state index in [1.807, 2.05) is 38.1 Å². The van der Waals surface area contributed by atoms with Gasteiger partial charge in [-0.2, -0.15) is 0 Å². The summed E-state index contributed by atoms with van der Waals surface area (Å²) < 4.78 is 0. The molecule has 0 bridgehead atoms. The summed E-state index contributed by atoms with van der Waals surface area (Å²) in [4.78, 5) is 21.3. The maximum Gasteiger partial charge on any atom is 0.270 e. The van der Waals surface area contributed by atoms with E-state index in [4.69, 9.17) is 0 Å². The highest BCUT2D eigenvalue weighted by molar-refractivity contribution is 5.92. The summed E-state index contributed by atoms with van der Waals surface area (Å²) in [6.45, 7) is 5.21. The molecule has 0 radical (unpaired) electrons. The van der Waals surface area contributed by atoms with E-state index >= 15 is 0 Å². The molecule has 1 amide bonds. The Morgan fingerprint density at radius 3 is 2.67 bits per heavy atom. The van der Waals surface area contributed by atoms with Crippen LogP contribution >= 0.6 is 0 Å². The number of aromatic nitrogens is 2. The maximum absolute atomic E-state index is 12.5. The number of carbonyl (C=O) groups is 1. The van der Waals surface area contributed by atoms with Gasteiger partial charge in [-0.1, -0.05) is 41.5 Å². The van der Waals surface area contributed by atoms with Crippen LogP contribution in [0.25, 0.3) is 0 Å². The van der Waals surface area contributed by atoms with Gasteiger partial charge >= 0.3 is 0 Å². The van der Waals surface area contributed by atoms with Crippen molar-refractivity contribution in [3.05, 3.63) is 64.5 Å². The third-order valence-corrected chi connectivity index (χ3v) is 4.77. The number of allylic oxidation sites excluding steroid dienone is 1. The normalized spacial score (nSPS) is 13.8. The average Bonchev–Trinajstić information content (AvgIpc) is 2.68. The zero-order chi connectivity index (χ0) is 19.1. The van der Waals surface area contributed by atoms with E-state index in [1.165, 1.54) is 36.8 Å². The number of hydrogen-bond donors (Lipinski definition) is 2. The summed E-state index contributed by atoms with van der Waals surface area (Å²) in [5.41, 5.74) is 4.96. The van der Waals surface area contributed by atoms with E-state index < -0.39 is 0 Å². The van der Waals surface area contributed by atoms with Gasteiger partial charge in [0, 0.05) is 18.8 Å². The third-order valence-electron chi connectivity index (χ3n) is 4.77. The maximum atomic E-state index is 12.5. The second-order valence-electron chi connectivity index (χ2n) is 7.17. The smallest absolute Gasteiger partial charge is 0.270 e. The Labute approximate surface area is 161 Å². The third kappa shape index (κ3) is 5.91. The number of nitrogens with one attached hydrogen (secondary N) is 2. The molecule has 2 aromatic rings. The summed E-state index contributed by atoms with van der Waals surface area (Å²) in [6.07, 6.45) is 8.35. The molecule has 1 aliphatic rings. The molecule has 1 aliphatic carbocycles. The lowest BCUT2D eigenvalue weighted by molar-refractivity contribution is 0.0945. The van der Waals surface area contributed by atoms with Gasteiger partial charge in [0.05, 0.1) is 0 Å². The first-order chi connectivity index (χ1) is 13.1. The van der Waals surface area contributed by atoms with Crippen molar-refractivity contribution >= 4 is 11.9 Å². The molecule has 0 unspecified atom stereocenters. The minimum Gasteiger partial charge on any atom is -0.354 e. The fourth-order valence-electron chi connectivity index (χ4n) is 3.21. The van der Waals surface area contributed by atoms with E-state index in [0.717, 1.165) is 24.2 Å². The molecular formula is C22H28N4O. The number of amides is 1. The molecule has 1 aromatic heterocycles. The zero-order valence-corrected chi connectivity index (χ0v) is 16.2. The molecule has 27 heavy (non-hydrogen) atoms. The molecule has 0 atom stereocenters. The molecular weight excluding hydrogens is 336 g/mol. The van der Waals surface area contributed by atoms with Crippen molar-refractivity contribution in [1.29, 1.82) is 0 Å². The van der Waals surface area contributed by atoms with E-state index in [9.17, 15) is 4.79 Å². The molecule has 142 valence electrons. The van der Waals surface area contributed by atoms with E-state index in [-0.39, 0.29) is 5.91 Å². The molecule has 5 nitrogen and oxygen atoms in total. The van der Waals surface area contributed by atoms with Gasteiger partial charge in [0.15, 0.2) is 0 Å². The van der Waals surface area contributed by atoms with Crippen LogP contribution in [-0.2, 0) is 6.54 Å². The summed E-state index contributed by atoms with van der Waals surface area (Å²) in [6, 6.07) is 9.85. The Morgan fingerprint density at radius 1 is 1.11 bits per heavy atom. The van der Waals surface area contributed by atoms with Crippen LogP contribution in [0.4, 0.5) is 5.95 Å². The van der Waals surface area contributed by atoms with E-state index in [0.29, 0.717) is 18.2 Å². The minimum atomic E-state index is -0.181. The molecule has 1 heterocycles. The van der Waals surface area contributed by atoms with Crippen molar-refractivity contribution in [2.45, 2.75) is 52.5 Å². The van der Waals surface area contributed by atoms with Crippen molar-refractivity contribution in [3.63, 3.8) is 0 Å². The van der Waals surface area contributed by atoms with Crippen LogP contribution in [0.15, 0.2) is 42.0 Å². The van der Waals surface area contributed by atoms with Crippen LogP contribution in [0.1, 0.15) is 59.4 Å². The van der Waals surface area contributed by atoms with Gasteiger partial charge in [-0.25, -0.2) is 9.97 Å². The van der Waals surface area contributed by atoms with Gasteiger partial charge in [-0.3, -0.25) is 4.79 Å². The standard InChI is InChI=1S/C22H28N4O/c1-16-8-10-19(11-9-16)15-24-21(27)20-14-17(2)25-22(26-20)23-13-12-18-6-4-3-5-7-18/h6,8-11,14H,3-5,7,12-13,15H2,1-2H3,(H,24,27)(H,23,25,26). The number of benzene rings is 1. The highest BCUT2D eigenvalue weighted by Crippen LogP contribution is 2.19. The number of aryl methyl sites for hydroxylation is 2. The molecule has 0 spiro atoms. The van der Waals surface area contributed by atoms with Crippen molar-refractivity contribution in [2.24, 2.45) is 0 Å². The van der Waals surface area contributed by atoms with E-state index in [1.54, 1.807) is 6.07 Å². The number of hydrogen-bond acceptors (Lipinski definition) is 4. The fraction of sp³-hybridized carbons (Fsp3) is 0.409. The van der Waals surface area contributed by atoms with Gasteiger partial charge in [-0.05, 0) is 57.6 Å². The summed E-state index contributed by atoms with van der Waals surface area (Å²) in [5.74, 6) is 0.339. The van der Waals surface area contributed by atoms with Crippen molar-refractivity contribution < 1.29 is 4.79 Å². The van der Waals surface area contributed by atoms with Crippen molar-refractivity contribution in [2.75, 3.05) is 11.9 Å². The number of anilines is 1. The Morgan fingerprint density at radius 2 is 1.93 bits per heavy atom. The molecule has 0 fully saturated rings. The Balaban J connectivity index is 1.55. The first kappa shape index (κ1) is 19.1. The first-order valence-electron chi connectivity index (χ1n) is 9.71. The highest BCUT2D eigenvalue weighted by Gasteiger charge is 2.11. The van der Waals surface area contributed by atoms with Crippen LogP contribution in [0.3, 0.4) is 0 Å². The Bertz CT molecular complexity index is 812. The van der Waals surface area contributed by atoms with Crippen LogP contribution < -0.4 is 10.6 Å². The molecule has 2 N–H and O–H groups in total. The zero-order valence-electron chi connectivity index (χ0n) is 16.2. The Hall–Kier alpha value is -2.69. The second kappa shape index (κ2) is 9.31. The summed E-state index contributed by atoms with van der Waals surface area (Å²) in [7, 11) is 0. The molecule has 3 rings (SSSR count). The molecule has 0 saturated carbocycles. The lowest BCUT2D eigenvalue weighted by Crippen LogP contribution is -2.24. The molecule has 5 heteroatoms. The van der Waals surface area contributed by atoms with Crippen LogP contribution in [0.2, 0.25) is 0 Å². The number of carbonyl (C=O) groups excluding carboxylic acids is 1. The quantitative estimate of drug-likeness (QED) is 0.718. The molecule has 0 aliphatic heterocycles. The van der Waals surface area contributed by atoms with E-state index in [2.05, 4.69) is 26.7 Å². The van der Waals surface area contributed by atoms with Crippen LogP contribution in [-0.4, -0.2) is 22.4 Å². The van der Waals surface area contributed by atoms with Crippen LogP contribution in [0.5, 0.6) is 0 Å². The number of rotatable bonds is 7. The fourth-order valence-corrected chi connectivity index (χ4v) is 3.21. The van der Waals surface area contributed by atoms with Gasteiger partial charge in [0.2, 0.25) is 5.95 Å². The number of nitrogens with zero attached hydrogens (tertiary/aromatic N) is 2. The monoisotopic (exact) mass is 364 g/mol. The highest BCUT2D eigenvalue weighted by atomic mass is 16.1. The summed E-state index contributed by atoms with van der Waals surface area (Å²) >= 11 is 0. The average molecular weight is 364 g/mol. The SMILES string of the molecule is Cc1ccc(CNC(=O)c2cc(C)nc(NCCC3=CCCCC3)n2)cc1.